The molecule has 1 aliphatic heterocycles. The van der Waals surface area contributed by atoms with E-state index in [4.69, 9.17) is 11.6 Å². The highest BCUT2D eigenvalue weighted by atomic mass is 35.5. The van der Waals surface area contributed by atoms with Gasteiger partial charge in [0.1, 0.15) is 4.88 Å². The van der Waals surface area contributed by atoms with Gasteiger partial charge in [0.05, 0.1) is 5.75 Å². The maximum absolute atomic E-state index is 12.6. The average molecular weight is 327 g/mol. The molecule has 0 aromatic carbocycles. The van der Waals surface area contributed by atoms with Gasteiger partial charge in [-0.1, -0.05) is 22.9 Å². The van der Waals surface area contributed by atoms with E-state index in [1.807, 2.05) is 0 Å². The summed E-state index contributed by atoms with van der Waals surface area (Å²) in [7, 11) is -4.62. The number of anilines is 1. The number of hydrogen-bond acceptors (Lipinski definition) is 6. The number of carbonyl (C=O) groups excluding carboxylic acids is 2. The van der Waals surface area contributed by atoms with Crippen molar-refractivity contribution in [3.05, 3.63) is 10.0 Å². The first kappa shape index (κ1) is 14.4. The van der Waals surface area contributed by atoms with Crippen LogP contribution in [0, 0.1) is 5.92 Å². The molecule has 1 amide bonds. The summed E-state index contributed by atoms with van der Waals surface area (Å²) >= 11 is 6.62. The third-order valence-corrected chi connectivity index (χ3v) is 4.85. The Kier molecular flexibility index (Phi) is 3.88. The fourth-order valence-electron chi connectivity index (χ4n) is 1.85. The monoisotopic (exact) mass is 326 g/mol. The lowest BCUT2D eigenvalue weighted by Gasteiger charge is -2.11. The molecule has 0 N–H and O–H groups in total. The molecule has 1 aromatic heterocycles. The van der Waals surface area contributed by atoms with Crippen LogP contribution in [0.3, 0.4) is 0 Å². The number of thiazole rings is 1. The summed E-state index contributed by atoms with van der Waals surface area (Å²) in [6.45, 7) is 0.0458. The molecule has 1 aromatic rings. The largest absolute Gasteiger partial charge is 0.302 e. The van der Waals surface area contributed by atoms with Gasteiger partial charge in [-0.2, -0.15) is 8.42 Å². The zero-order valence-electron chi connectivity index (χ0n) is 9.38. The van der Waals surface area contributed by atoms with Crippen molar-refractivity contribution in [1.29, 1.82) is 0 Å². The molecule has 2 rings (SSSR count). The highest BCUT2D eigenvalue weighted by molar-refractivity contribution is 7.86. The lowest BCUT2D eigenvalue weighted by atomic mass is 10.1. The number of halogens is 2. The molecule has 0 bridgehead atoms. The van der Waals surface area contributed by atoms with Crippen LogP contribution in [0.5, 0.6) is 0 Å². The SMILES string of the molecule is O=Cc1sc(N2CC(CS(=O)(=O)F)CC2=O)nc1Cl. The average Bonchev–Trinajstić information content (AvgIpc) is 2.79. The first-order valence-electron chi connectivity index (χ1n) is 5.14. The summed E-state index contributed by atoms with van der Waals surface area (Å²) in [6, 6.07) is 0. The van der Waals surface area contributed by atoms with Gasteiger partial charge in [-0.25, -0.2) is 4.98 Å². The topological polar surface area (TPSA) is 84.4 Å². The lowest BCUT2D eigenvalue weighted by Crippen LogP contribution is -2.25. The van der Waals surface area contributed by atoms with Crippen LogP contribution in [-0.4, -0.2) is 37.9 Å². The van der Waals surface area contributed by atoms with E-state index in [1.54, 1.807) is 0 Å². The van der Waals surface area contributed by atoms with Crippen molar-refractivity contribution >= 4 is 50.5 Å². The number of aldehydes is 1. The molecule has 10 heteroatoms. The Balaban J connectivity index is 2.17. The third-order valence-electron chi connectivity index (χ3n) is 2.58. The summed E-state index contributed by atoms with van der Waals surface area (Å²) < 4.78 is 33.7. The van der Waals surface area contributed by atoms with Crippen LogP contribution in [0.2, 0.25) is 5.15 Å². The molecule has 1 fully saturated rings. The fourth-order valence-corrected chi connectivity index (χ4v) is 3.73. The van der Waals surface area contributed by atoms with E-state index in [0.29, 0.717) is 6.29 Å². The molecule has 1 atom stereocenters. The van der Waals surface area contributed by atoms with Crippen molar-refractivity contribution < 1.29 is 21.9 Å². The van der Waals surface area contributed by atoms with E-state index in [2.05, 4.69) is 4.98 Å². The van der Waals surface area contributed by atoms with Gasteiger partial charge < -0.3 is 0 Å². The molecule has 1 unspecified atom stereocenters. The molecule has 0 aliphatic carbocycles. The minimum Gasteiger partial charge on any atom is -0.297 e. The van der Waals surface area contributed by atoms with Gasteiger partial charge in [0.15, 0.2) is 16.6 Å². The highest BCUT2D eigenvalue weighted by Crippen LogP contribution is 2.32. The zero-order valence-corrected chi connectivity index (χ0v) is 11.8. The van der Waals surface area contributed by atoms with Crippen LogP contribution in [0.4, 0.5) is 9.02 Å². The summed E-state index contributed by atoms with van der Waals surface area (Å²) in [5.74, 6) is -1.68. The number of aromatic nitrogens is 1. The Hall–Kier alpha value is -1.06. The smallest absolute Gasteiger partial charge is 0.297 e. The van der Waals surface area contributed by atoms with Crippen molar-refractivity contribution in [1.82, 2.24) is 4.98 Å². The van der Waals surface area contributed by atoms with E-state index < -0.39 is 21.9 Å². The van der Waals surface area contributed by atoms with Crippen molar-refractivity contribution in [2.45, 2.75) is 6.42 Å². The Morgan fingerprint density at radius 3 is 2.79 bits per heavy atom. The minimum absolute atomic E-state index is 0.00985. The fraction of sp³-hybridized carbons (Fsp3) is 0.444. The molecule has 0 spiro atoms. The molecular weight excluding hydrogens is 319 g/mol. The molecule has 1 aliphatic rings. The first-order valence-corrected chi connectivity index (χ1v) is 7.89. The van der Waals surface area contributed by atoms with Gasteiger partial charge in [-0.3, -0.25) is 14.5 Å². The van der Waals surface area contributed by atoms with E-state index in [9.17, 15) is 21.9 Å². The van der Waals surface area contributed by atoms with Crippen molar-refractivity contribution in [2.75, 3.05) is 17.2 Å². The predicted molar refractivity (Wildman–Crippen MR) is 67.9 cm³/mol. The highest BCUT2D eigenvalue weighted by Gasteiger charge is 2.35. The van der Waals surface area contributed by atoms with Crippen molar-refractivity contribution in [2.24, 2.45) is 5.92 Å². The second-order valence-electron chi connectivity index (χ2n) is 4.05. The summed E-state index contributed by atoms with van der Waals surface area (Å²) in [5.41, 5.74) is 0. The van der Waals surface area contributed by atoms with Crippen LogP contribution in [0.25, 0.3) is 0 Å². The standard InChI is InChI=1S/C9H8ClFN2O4S2/c10-8-6(3-14)18-9(12-8)13-2-5(1-7(13)15)4-19(11,16)17/h3,5H,1-2,4H2. The molecule has 2 heterocycles. The van der Waals surface area contributed by atoms with Gasteiger partial charge in [0, 0.05) is 18.9 Å². The maximum Gasteiger partial charge on any atom is 0.302 e. The molecule has 104 valence electrons. The van der Waals surface area contributed by atoms with Crippen LogP contribution in [0.1, 0.15) is 16.1 Å². The summed E-state index contributed by atoms with van der Waals surface area (Å²) in [5, 5.41) is 0.209. The molecule has 6 nitrogen and oxygen atoms in total. The van der Waals surface area contributed by atoms with Gasteiger partial charge in [-0.15, -0.1) is 3.89 Å². The van der Waals surface area contributed by atoms with Crippen LogP contribution in [0.15, 0.2) is 0 Å². The van der Waals surface area contributed by atoms with Crippen molar-refractivity contribution in [3.63, 3.8) is 0 Å². The first-order chi connectivity index (χ1) is 8.80. The summed E-state index contributed by atoms with van der Waals surface area (Å²) in [4.78, 5) is 27.6. The van der Waals surface area contributed by atoms with Gasteiger partial charge in [-0.05, 0) is 0 Å². The van der Waals surface area contributed by atoms with Crippen LogP contribution < -0.4 is 4.90 Å². The Morgan fingerprint density at radius 1 is 1.58 bits per heavy atom. The van der Waals surface area contributed by atoms with E-state index in [-0.39, 0.29) is 34.0 Å². The number of hydrogen-bond donors (Lipinski definition) is 0. The Bertz CT molecular complexity index is 630. The minimum atomic E-state index is -4.62. The number of nitrogens with zero attached hydrogens (tertiary/aromatic N) is 2. The van der Waals surface area contributed by atoms with E-state index >= 15 is 0 Å². The molecular formula is C9H8ClFN2O4S2. The van der Waals surface area contributed by atoms with Crippen LogP contribution in [-0.2, 0) is 15.0 Å². The van der Waals surface area contributed by atoms with Crippen LogP contribution >= 0.6 is 22.9 Å². The third kappa shape index (κ3) is 3.28. The Morgan fingerprint density at radius 2 is 2.26 bits per heavy atom. The van der Waals surface area contributed by atoms with Gasteiger partial charge in [0.2, 0.25) is 5.91 Å². The maximum atomic E-state index is 12.6. The number of rotatable bonds is 4. The van der Waals surface area contributed by atoms with E-state index in [1.165, 1.54) is 4.90 Å². The van der Waals surface area contributed by atoms with Gasteiger partial charge in [0.25, 0.3) is 0 Å². The second kappa shape index (κ2) is 5.14. The molecule has 0 radical (unpaired) electrons. The van der Waals surface area contributed by atoms with Crippen molar-refractivity contribution in [3.8, 4) is 0 Å². The second-order valence-corrected chi connectivity index (χ2v) is 6.83. The lowest BCUT2D eigenvalue weighted by molar-refractivity contribution is -0.117. The predicted octanol–water partition coefficient (Wildman–Crippen LogP) is 1.26. The molecule has 19 heavy (non-hydrogen) atoms. The van der Waals surface area contributed by atoms with E-state index in [0.717, 1.165) is 11.3 Å². The molecule has 0 saturated carbocycles. The number of carbonyl (C=O) groups is 2. The normalized spacial score (nSPS) is 20.0. The summed E-state index contributed by atoms with van der Waals surface area (Å²) in [6.07, 6.45) is 0.449. The zero-order chi connectivity index (χ0) is 14.2. The number of amides is 1. The quantitative estimate of drug-likeness (QED) is 0.614. The molecule has 1 saturated heterocycles. The van der Waals surface area contributed by atoms with Gasteiger partial charge >= 0.3 is 10.2 Å². The Labute approximate surface area is 117 Å².